The van der Waals surface area contributed by atoms with Gasteiger partial charge in [0.1, 0.15) is 0 Å². The normalized spacial score (nSPS) is 26.2. The Balaban J connectivity index is 1.54. The molecule has 1 saturated heterocycles. The van der Waals surface area contributed by atoms with Crippen LogP contribution in [-0.2, 0) is 11.3 Å². The standard InChI is InChI=1S/C12H19N3OS/c1-2-10(1)14-5-11-8-16-4-3-15(11)7-12-6-13-9-17-12/h6,9-11,14H,1-5,7-8H2. The van der Waals surface area contributed by atoms with Crippen molar-refractivity contribution in [1.29, 1.82) is 0 Å². The highest BCUT2D eigenvalue weighted by Gasteiger charge is 2.26. The van der Waals surface area contributed by atoms with Crippen LogP contribution in [0.25, 0.3) is 0 Å². The maximum atomic E-state index is 5.59. The summed E-state index contributed by atoms with van der Waals surface area (Å²) in [5.74, 6) is 0. The van der Waals surface area contributed by atoms with Crippen molar-refractivity contribution in [3.8, 4) is 0 Å². The van der Waals surface area contributed by atoms with Crippen LogP contribution in [0, 0.1) is 0 Å². The molecule has 1 unspecified atom stereocenters. The molecule has 1 atom stereocenters. The maximum absolute atomic E-state index is 5.59. The van der Waals surface area contributed by atoms with E-state index in [4.69, 9.17) is 4.74 Å². The van der Waals surface area contributed by atoms with Crippen molar-refractivity contribution in [1.82, 2.24) is 15.2 Å². The van der Waals surface area contributed by atoms with Crippen molar-refractivity contribution >= 4 is 11.3 Å². The molecule has 0 bridgehead atoms. The Hall–Kier alpha value is -0.490. The first-order valence-electron chi connectivity index (χ1n) is 6.34. The molecule has 1 saturated carbocycles. The van der Waals surface area contributed by atoms with E-state index in [-0.39, 0.29) is 0 Å². The molecule has 2 fully saturated rings. The number of ether oxygens (including phenoxy) is 1. The molecular weight excluding hydrogens is 234 g/mol. The average Bonchev–Trinajstić information content (AvgIpc) is 3.05. The lowest BCUT2D eigenvalue weighted by Crippen LogP contribution is -2.50. The van der Waals surface area contributed by atoms with Gasteiger partial charge in [-0.2, -0.15) is 0 Å². The summed E-state index contributed by atoms with van der Waals surface area (Å²) in [7, 11) is 0. The van der Waals surface area contributed by atoms with E-state index in [2.05, 4.69) is 15.2 Å². The van der Waals surface area contributed by atoms with E-state index in [1.807, 2.05) is 11.7 Å². The van der Waals surface area contributed by atoms with E-state index < -0.39 is 0 Å². The molecule has 3 rings (SSSR count). The second-order valence-electron chi connectivity index (χ2n) is 4.85. The van der Waals surface area contributed by atoms with Crippen LogP contribution in [0.4, 0.5) is 0 Å². The molecule has 1 aliphatic heterocycles. The average molecular weight is 253 g/mol. The minimum absolute atomic E-state index is 0.520. The Morgan fingerprint density at radius 2 is 2.47 bits per heavy atom. The molecule has 1 aromatic heterocycles. The van der Waals surface area contributed by atoms with Gasteiger partial charge in [0.05, 0.1) is 18.7 Å². The Morgan fingerprint density at radius 3 is 3.24 bits per heavy atom. The van der Waals surface area contributed by atoms with Gasteiger partial charge in [-0.25, -0.2) is 0 Å². The van der Waals surface area contributed by atoms with Crippen molar-refractivity contribution in [2.24, 2.45) is 0 Å². The van der Waals surface area contributed by atoms with E-state index in [0.717, 1.165) is 38.9 Å². The molecular formula is C12H19N3OS. The first-order valence-corrected chi connectivity index (χ1v) is 7.22. The van der Waals surface area contributed by atoms with Crippen molar-refractivity contribution in [2.45, 2.75) is 31.5 Å². The first kappa shape index (κ1) is 11.6. The predicted molar refractivity (Wildman–Crippen MR) is 68.2 cm³/mol. The summed E-state index contributed by atoms with van der Waals surface area (Å²) in [6.45, 7) is 4.83. The van der Waals surface area contributed by atoms with Gasteiger partial charge in [-0.15, -0.1) is 11.3 Å². The molecule has 1 aliphatic carbocycles. The summed E-state index contributed by atoms with van der Waals surface area (Å²) >= 11 is 1.74. The highest BCUT2D eigenvalue weighted by atomic mass is 32.1. The Kier molecular flexibility index (Phi) is 3.71. The zero-order valence-corrected chi connectivity index (χ0v) is 10.8. The van der Waals surface area contributed by atoms with Gasteiger partial charge < -0.3 is 10.1 Å². The quantitative estimate of drug-likeness (QED) is 0.852. The first-order chi connectivity index (χ1) is 8.42. The van der Waals surface area contributed by atoms with Gasteiger partial charge in [0.25, 0.3) is 0 Å². The largest absolute Gasteiger partial charge is 0.378 e. The van der Waals surface area contributed by atoms with E-state index in [0.29, 0.717) is 6.04 Å². The van der Waals surface area contributed by atoms with E-state index in [1.54, 1.807) is 11.3 Å². The fourth-order valence-electron chi connectivity index (χ4n) is 2.20. The second-order valence-corrected chi connectivity index (χ2v) is 5.82. The molecule has 0 radical (unpaired) electrons. The number of thiazole rings is 1. The van der Waals surface area contributed by atoms with Crippen LogP contribution < -0.4 is 5.32 Å². The summed E-state index contributed by atoms with van der Waals surface area (Å²) in [5, 5.41) is 3.60. The minimum Gasteiger partial charge on any atom is -0.378 e. The monoisotopic (exact) mass is 253 g/mol. The molecule has 17 heavy (non-hydrogen) atoms. The summed E-state index contributed by atoms with van der Waals surface area (Å²) in [6, 6.07) is 1.30. The van der Waals surface area contributed by atoms with Crippen LogP contribution in [0.3, 0.4) is 0 Å². The smallest absolute Gasteiger partial charge is 0.0794 e. The van der Waals surface area contributed by atoms with Crippen molar-refractivity contribution in [2.75, 3.05) is 26.3 Å². The number of rotatable bonds is 5. The van der Waals surface area contributed by atoms with Gasteiger partial charge in [-0.1, -0.05) is 0 Å². The fraction of sp³-hybridized carbons (Fsp3) is 0.750. The maximum Gasteiger partial charge on any atom is 0.0794 e. The second kappa shape index (κ2) is 5.44. The molecule has 0 aromatic carbocycles. The molecule has 5 heteroatoms. The molecule has 94 valence electrons. The molecule has 1 N–H and O–H groups in total. The number of aromatic nitrogens is 1. The Labute approximate surface area is 106 Å². The van der Waals surface area contributed by atoms with Crippen LogP contribution in [0.15, 0.2) is 11.7 Å². The molecule has 2 aliphatic rings. The zero-order chi connectivity index (χ0) is 11.5. The van der Waals surface area contributed by atoms with E-state index in [1.165, 1.54) is 17.7 Å². The van der Waals surface area contributed by atoms with Gasteiger partial charge in [0.15, 0.2) is 0 Å². The Morgan fingerprint density at radius 1 is 1.53 bits per heavy atom. The highest BCUT2D eigenvalue weighted by molar-refractivity contribution is 7.09. The molecule has 0 spiro atoms. The van der Waals surface area contributed by atoms with Crippen LogP contribution in [-0.4, -0.2) is 48.3 Å². The lowest BCUT2D eigenvalue weighted by Gasteiger charge is -2.35. The Bertz CT molecular complexity index is 340. The minimum atomic E-state index is 0.520. The lowest BCUT2D eigenvalue weighted by molar-refractivity contribution is -0.0106. The molecule has 4 nitrogen and oxygen atoms in total. The predicted octanol–water partition coefficient (Wildman–Crippen LogP) is 1.10. The van der Waals surface area contributed by atoms with Crippen molar-refractivity contribution in [3.05, 3.63) is 16.6 Å². The third kappa shape index (κ3) is 3.25. The number of hydrogen-bond acceptors (Lipinski definition) is 5. The lowest BCUT2D eigenvalue weighted by atomic mass is 10.2. The van der Waals surface area contributed by atoms with Crippen molar-refractivity contribution < 1.29 is 4.74 Å². The summed E-state index contributed by atoms with van der Waals surface area (Å²) < 4.78 is 5.59. The summed E-state index contributed by atoms with van der Waals surface area (Å²) in [6.07, 6.45) is 4.68. The zero-order valence-electron chi connectivity index (χ0n) is 9.97. The number of morpholine rings is 1. The van der Waals surface area contributed by atoms with E-state index in [9.17, 15) is 0 Å². The van der Waals surface area contributed by atoms with E-state index >= 15 is 0 Å². The third-order valence-electron chi connectivity index (χ3n) is 3.41. The number of nitrogens with one attached hydrogen (secondary N) is 1. The molecule has 2 heterocycles. The SMILES string of the molecule is c1ncc(CN2CCOCC2CNC2CC2)s1. The summed E-state index contributed by atoms with van der Waals surface area (Å²) in [4.78, 5) is 8.01. The topological polar surface area (TPSA) is 37.4 Å². The van der Waals surface area contributed by atoms with Crippen LogP contribution in [0.2, 0.25) is 0 Å². The van der Waals surface area contributed by atoms with Crippen molar-refractivity contribution in [3.63, 3.8) is 0 Å². The van der Waals surface area contributed by atoms with Crippen LogP contribution in [0.5, 0.6) is 0 Å². The number of nitrogens with zero attached hydrogens (tertiary/aromatic N) is 2. The van der Waals surface area contributed by atoms with Crippen LogP contribution >= 0.6 is 11.3 Å². The molecule has 0 amide bonds. The van der Waals surface area contributed by atoms with Gasteiger partial charge in [0.2, 0.25) is 0 Å². The van der Waals surface area contributed by atoms with Gasteiger partial charge in [-0.05, 0) is 12.8 Å². The number of hydrogen-bond donors (Lipinski definition) is 1. The van der Waals surface area contributed by atoms with Gasteiger partial charge in [0, 0.05) is 42.8 Å². The van der Waals surface area contributed by atoms with Gasteiger partial charge in [-0.3, -0.25) is 9.88 Å². The van der Waals surface area contributed by atoms with Gasteiger partial charge >= 0.3 is 0 Å². The summed E-state index contributed by atoms with van der Waals surface area (Å²) in [5.41, 5.74) is 1.91. The fourth-order valence-corrected chi connectivity index (χ4v) is 2.82. The van der Waals surface area contributed by atoms with Crippen LogP contribution in [0.1, 0.15) is 17.7 Å². The molecule has 1 aromatic rings. The highest BCUT2D eigenvalue weighted by Crippen LogP contribution is 2.20. The third-order valence-corrected chi connectivity index (χ3v) is 4.18.